The molecule has 0 spiro atoms. The molecule has 1 aliphatic heterocycles. The third-order valence-corrected chi connectivity index (χ3v) is 3.60. The minimum absolute atomic E-state index is 0.288. The van der Waals surface area contributed by atoms with Crippen molar-refractivity contribution in [2.45, 2.75) is 32.8 Å². The zero-order chi connectivity index (χ0) is 19.3. The lowest BCUT2D eigenvalue weighted by molar-refractivity contribution is 0.0270. The van der Waals surface area contributed by atoms with Crippen LogP contribution in [0.15, 0.2) is 23.2 Å². The summed E-state index contributed by atoms with van der Waals surface area (Å²) in [4.78, 5) is 24.3. The number of nitriles is 1. The van der Waals surface area contributed by atoms with Gasteiger partial charge in [-0.2, -0.15) is 5.26 Å². The van der Waals surface area contributed by atoms with E-state index in [-0.39, 0.29) is 11.8 Å². The molecular weight excluding hydrogens is 330 g/mol. The summed E-state index contributed by atoms with van der Waals surface area (Å²) < 4.78 is 5.40. The van der Waals surface area contributed by atoms with Crippen LogP contribution in [0.3, 0.4) is 0 Å². The van der Waals surface area contributed by atoms with Crippen LogP contribution in [-0.4, -0.2) is 60.0 Å². The quantitative estimate of drug-likeness (QED) is 0.614. The lowest BCUT2D eigenvalue weighted by Crippen LogP contribution is -2.39. The first-order chi connectivity index (χ1) is 12.2. The zero-order valence-electron chi connectivity index (χ0n) is 16.0. The number of hydrogen-bond acceptors (Lipinski definition) is 5. The maximum absolute atomic E-state index is 12.1. The number of aliphatic imine (C=N–C) groups is 1. The molecule has 1 aromatic heterocycles. The van der Waals surface area contributed by atoms with Gasteiger partial charge in [0, 0.05) is 27.2 Å². The summed E-state index contributed by atoms with van der Waals surface area (Å²) in [6.45, 7) is 6.58. The van der Waals surface area contributed by atoms with Gasteiger partial charge in [-0.05, 0) is 44.9 Å². The first kappa shape index (κ1) is 19.4. The Morgan fingerprint density at radius 3 is 2.69 bits per heavy atom. The normalized spacial score (nSPS) is 14.8. The highest BCUT2D eigenvalue weighted by atomic mass is 16.6. The van der Waals surface area contributed by atoms with E-state index in [1.54, 1.807) is 22.2 Å². The van der Waals surface area contributed by atoms with Gasteiger partial charge in [-0.25, -0.2) is 14.8 Å². The summed E-state index contributed by atoms with van der Waals surface area (Å²) in [5, 5.41) is 9.34. The molecule has 0 atom stereocenters. The number of aromatic nitrogens is 1. The minimum atomic E-state index is -0.507. The van der Waals surface area contributed by atoms with Gasteiger partial charge in [0.05, 0.1) is 12.0 Å². The summed E-state index contributed by atoms with van der Waals surface area (Å²) in [6, 6.07) is 5.75. The van der Waals surface area contributed by atoms with Crippen LogP contribution in [-0.2, 0) is 4.74 Å². The predicted octanol–water partition coefficient (Wildman–Crippen LogP) is 3.20. The fraction of sp³-hybridized carbons (Fsp3) is 0.474. The van der Waals surface area contributed by atoms with Gasteiger partial charge >= 0.3 is 6.09 Å². The standard InChI is InChI=1S/C19H25N5O2/c1-19(2,3)26-18(25)24-10-8-14(9-11-24)15-6-7-16(17(12-20)22-15)21-13-23(4)5/h6-8,13H,9-11H2,1-5H3. The topological polar surface area (TPSA) is 81.8 Å². The van der Waals surface area contributed by atoms with Crippen LogP contribution >= 0.6 is 0 Å². The fourth-order valence-electron chi connectivity index (χ4n) is 2.39. The van der Waals surface area contributed by atoms with Gasteiger partial charge < -0.3 is 14.5 Å². The second-order valence-electron chi connectivity index (χ2n) is 7.29. The van der Waals surface area contributed by atoms with Crippen LogP contribution in [0.1, 0.15) is 38.6 Å². The smallest absolute Gasteiger partial charge is 0.410 e. The highest BCUT2D eigenvalue weighted by Gasteiger charge is 2.24. The summed E-state index contributed by atoms with van der Waals surface area (Å²) in [6.07, 6.45) is 3.94. The van der Waals surface area contributed by atoms with Gasteiger partial charge in [0.1, 0.15) is 17.4 Å². The fourth-order valence-corrected chi connectivity index (χ4v) is 2.39. The molecule has 0 aromatic carbocycles. The molecule has 2 rings (SSSR count). The number of pyridine rings is 1. The van der Waals surface area contributed by atoms with Gasteiger partial charge in [-0.15, -0.1) is 0 Å². The van der Waals surface area contributed by atoms with Crippen LogP contribution < -0.4 is 0 Å². The maximum atomic E-state index is 12.1. The Balaban J connectivity index is 2.13. The Labute approximate surface area is 154 Å². The van der Waals surface area contributed by atoms with E-state index in [2.05, 4.69) is 16.0 Å². The molecule has 0 saturated carbocycles. The third-order valence-electron chi connectivity index (χ3n) is 3.60. The number of amides is 1. The number of ether oxygens (including phenoxy) is 1. The molecule has 0 radical (unpaired) electrons. The van der Waals surface area contributed by atoms with Crippen molar-refractivity contribution >= 4 is 23.7 Å². The summed E-state index contributed by atoms with van der Waals surface area (Å²) in [5.74, 6) is 0. The van der Waals surface area contributed by atoms with E-state index in [0.29, 0.717) is 25.2 Å². The van der Waals surface area contributed by atoms with E-state index in [9.17, 15) is 10.1 Å². The average Bonchev–Trinajstić information content (AvgIpc) is 2.58. The van der Waals surface area contributed by atoms with E-state index < -0.39 is 5.60 Å². The molecule has 0 bridgehead atoms. The molecule has 138 valence electrons. The van der Waals surface area contributed by atoms with Crippen LogP contribution in [0.5, 0.6) is 0 Å². The Hall–Kier alpha value is -2.88. The SMILES string of the molecule is CN(C)C=Nc1ccc(C2=CCN(C(=O)OC(C)(C)C)CC2)nc1C#N. The predicted molar refractivity (Wildman–Crippen MR) is 101 cm³/mol. The van der Waals surface area contributed by atoms with Gasteiger partial charge in [0.2, 0.25) is 0 Å². The van der Waals surface area contributed by atoms with Crippen molar-refractivity contribution in [2.75, 3.05) is 27.2 Å². The number of carbonyl (C=O) groups is 1. The Morgan fingerprint density at radius 2 is 2.15 bits per heavy atom. The molecule has 0 unspecified atom stereocenters. The van der Waals surface area contributed by atoms with E-state index in [4.69, 9.17) is 4.74 Å². The van der Waals surface area contributed by atoms with Crippen molar-refractivity contribution in [3.8, 4) is 6.07 Å². The molecule has 7 heteroatoms. The van der Waals surface area contributed by atoms with E-state index in [0.717, 1.165) is 11.3 Å². The molecular formula is C19H25N5O2. The maximum Gasteiger partial charge on any atom is 0.410 e. The lowest BCUT2D eigenvalue weighted by atomic mass is 10.0. The van der Waals surface area contributed by atoms with Crippen molar-refractivity contribution in [1.29, 1.82) is 5.26 Å². The van der Waals surface area contributed by atoms with Crippen molar-refractivity contribution in [3.63, 3.8) is 0 Å². The summed E-state index contributed by atoms with van der Waals surface area (Å²) in [5.41, 5.74) is 2.08. The zero-order valence-corrected chi connectivity index (χ0v) is 16.0. The molecule has 1 amide bonds. The van der Waals surface area contributed by atoms with Crippen LogP contribution in [0.4, 0.5) is 10.5 Å². The van der Waals surface area contributed by atoms with Gasteiger partial charge in [-0.1, -0.05) is 6.08 Å². The van der Waals surface area contributed by atoms with Gasteiger partial charge in [0.25, 0.3) is 0 Å². The highest BCUT2D eigenvalue weighted by Crippen LogP contribution is 2.25. The molecule has 0 N–H and O–H groups in total. The lowest BCUT2D eigenvalue weighted by Gasteiger charge is -2.29. The van der Waals surface area contributed by atoms with E-state index in [1.807, 2.05) is 47.0 Å². The number of carbonyl (C=O) groups excluding carboxylic acids is 1. The van der Waals surface area contributed by atoms with Gasteiger partial charge in [0.15, 0.2) is 5.69 Å². The number of nitrogens with zero attached hydrogens (tertiary/aromatic N) is 5. The minimum Gasteiger partial charge on any atom is -0.444 e. The molecule has 1 aliphatic rings. The molecule has 26 heavy (non-hydrogen) atoms. The van der Waals surface area contributed by atoms with E-state index in [1.165, 1.54) is 0 Å². The number of hydrogen-bond donors (Lipinski definition) is 0. The Bertz CT molecular complexity index is 769. The van der Waals surface area contributed by atoms with Crippen molar-refractivity contribution in [1.82, 2.24) is 14.8 Å². The van der Waals surface area contributed by atoms with Crippen LogP contribution in [0, 0.1) is 11.3 Å². The monoisotopic (exact) mass is 355 g/mol. The second-order valence-corrected chi connectivity index (χ2v) is 7.29. The average molecular weight is 355 g/mol. The molecule has 0 fully saturated rings. The Kier molecular flexibility index (Phi) is 5.98. The molecule has 0 saturated heterocycles. The summed E-state index contributed by atoms with van der Waals surface area (Å²) >= 11 is 0. The molecule has 0 aliphatic carbocycles. The largest absolute Gasteiger partial charge is 0.444 e. The number of rotatable bonds is 3. The van der Waals surface area contributed by atoms with Gasteiger partial charge in [-0.3, -0.25) is 0 Å². The van der Waals surface area contributed by atoms with Crippen LogP contribution in [0.25, 0.3) is 5.57 Å². The van der Waals surface area contributed by atoms with Crippen LogP contribution in [0.2, 0.25) is 0 Å². The molecule has 1 aromatic rings. The molecule has 7 nitrogen and oxygen atoms in total. The third kappa shape index (κ3) is 5.31. The van der Waals surface area contributed by atoms with E-state index >= 15 is 0 Å². The summed E-state index contributed by atoms with van der Waals surface area (Å²) in [7, 11) is 3.72. The second kappa shape index (κ2) is 8.00. The first-order valence-electron chi connectivity index (χ1n) is 8.48. The van der Waals surface area contributed by atoms with Crippen molar-refractivity contribution in [2.24, 2.45) is 4.99 Å². The highest BCUT2D eigenvalue weighted by molar-refractivity contribution is 5.73. The van der Waals surface area contributed by atoms with Crippen molar-refractivity contribution < 1.29 is 9.53 Å². The molecule has 2 heterocycles. The van der Waals surface area contributed by atoms with Crippen molar-refractivity contribution in [3.05, 3.63) is 29.6 Å². The first-order valence-corrected chi connectivity index (χ1v) is 8.48. The Morgan fingerprint density at radius 1 is 1.42 bits per heavy atom.